The quantitative estimate of drug-likeness (QED) is 0.760. The molecular formula is C18H20FN3O2. The van der Waals surface area contributed by atoms with Crippen molar-refractivity contribution in [1.82, 2.24) is 16.0 Å². The Hall–Kier alpha value is -2.73. The lowest BCUT2D eigenvalue weighted by Gasteiger charge is -2.20. The first-order valence-corrected chi connectivity index (χ1v) is 7.63. The SMILES string of the molecule is CNC(=O)NC(=O)CN[C@@H](Cc1ccccc1)c1ccccc1F. The van der Waals surface area contributed by atoms with Gasteiger partial charge < -0.3 is 10.6 Å². The largest absolute Gasteiger partial charge is 0.341 e. The molecule has 3 N–H and O–H groups in total. The molecule has 2 aromatic rings. The van der Waals surface area contributed by atoms with E-state index in [1.54, 1.807) is 18.2 Å². The summed E-state index contributed by atoms with van der Waals surface area (Å²) in [7, 11) is 1.42. The van der Waals surface area contributed by atoms with E-state index in [1.165, 1.54) is 13.1 Å². The van der Waals surface area contributed by atoms with Crippen LogP contribution in [-0.2, 0) is 11.2 Å². The van der Waals surface area contributed by atoms with Gasteiger partial charge >= 0.3 is 6.03 Å². The topological polar surface area (TPSA) is 70.2 Å². The Morgan fingerprint density at radius 2 is 1.71 bits per heavy atom. The molecule has 0 aliphatic heterocycles. The van der Waals surface area contributed by atoms with Crippen molar-refractivity contribution < 1.29 is 14.0 Å². The second-order valence-electron chi connectivity index (χ2n) is 5.27. The number of imide groups is 1. The third-order valence-electron chi connectivity index (χ3n) is 3.55. The lowest BCUT2D eigenvalue weighted by Crippen LogP contribution is -2.43. The van der Waals surface area contributed by atoms with E-state index in [-0.39, 0.29) is 18.4 Å². The summed E-state index contributed by atoms with van der Waals surface area (Å²) in [6.07, 6.45) is 0.523. The number of nitrogens with one attached hydrogen (secondary N) is 3. The second kappa shape index (κ2) is 8.79. The fraction of sp³-hybridized carbons (Fsp3) is 0.222. The van der Waals surface area contributed by atoms with Gasteiger partial charge in [0.05, 0.1) is 6.54 Å². The average Bonchev–Trinajstić information content (AvgIpc) is 2.60. The maximum atomic E-state index is 14.1. The van der Waals surface area contributed by atoms with Crippen LogP contribution in [0.3, 0.4) is 0 Å². The van der Waals surface area contributed by atoms with Crippen LogP contribution in [0.5, 0.6) is 0 Å². The summed E-state index contributed by atoms with van der Waals surface area (Å²) in [5, 5.41) is 7.50. The minimum Gasteiger partial charge on any atom is -0.341 e. The van der Waals surface area contributed by atoms with Crippen molar-refractivity contribution in [3.05, 3.63) is 71.5 Å². The summed E-state index contributed by atoms with van der Waals surface area (Å²) in [6, 6.07) is 15.1. The van der Waals surface area contributed by atoms with Gasteiger partial charge in [-0.05, 0) is 18.1 Å². The molecule has 126 valence electrons. The van der Waals surface area contributed by atoms with Crippen molar-refractivity contribution in [2.75, 3.05) is 13.6 Å². The third kappa shape index (κ3) is 5.17. The monoisotopic (exact) mass is 329 g/mol. The number of carbonyl (C=O) groups is 2. The molecule has 1 atom stereocenters. The molecule has 2 rings (SSSR count). The Morgan fingerprint density at radius 3 is 2.38 bits per heavy atom. The summed E-state index contributed by atoms with van der Waals surface area (Å²) in [6.45, 7) is -0.0980. The number of amides is 3. The molecule has 0 aliphatic rings. The van der Waals surface area contributed by atoms with Crippen LogP contribution in [0.4, 0.5) is 9.18 Å². The van der Waals surface area contributed by atoms with E-state index in [2.05, 4.69) is 16.0 Å². The van der Waals surface area contributed by atoms with Crippen LogP contribution in [0.25, 0.3) is 0 Å². The standard InChI is InChI=1S/C18H20FN3O2/c1-20-18(24)22-17(23)12-21-16(11-13-7-3-2-4-8-13)14-9-5-6-10-15(14)19/h2-10,16,21H,11-12H2,1H3,(H2,20,22,23,24)/t16-/m0/s1. The number of rotatable bonds is 6. The van der Waals surface area contributed by atoms with E-state index in [1.807, 2.05) is 30.3 Å². The zero-order valence-electron chi connectivity index (χ0n) is 13.4. The highest BCUT2D eigenvalue weighted by molar-refractivity contribution is 5.95. The minimum absolute atomic E-state index is 0.0980. The molecular weight excluding hydrogens is 309 g/mol. The van der Waals surface area contributed by atoms with E-state index in [4.69, 9.17) is 0 Å². The molecule has 2 aromatic carbocycles. The van der Waals surface area contributed by atoms with Crippen LogP contribution in [0.2, 0.25) is 0 Å². The highest BCUT2D eigenvalue weighted by Crippen LogP contribution is 2.21. The van der Waals surface area contributed by atoms with Gasteiger partial charge in [-0.15, -0.1) is 0 Å². The molecule has 5 nitrogen and oxygen atoms in total. The number of halogens is 1. The number of urea groups is 1. The normalized spacial score (nSPS) is 11.6. The Balaban J connectivity index is 2.10. The van der Waals surface area contributed by atoms with E-state index in [0.29, 0.717) is 12.0 Å². The first-order chi connectivity index (χ1) is 11.6. The summed E-state index contributed by atoms with van der Waals surface area (Å²) in [4.78, 5) is 22.9. The van der Waals surface area contributed by atoms with E-state index >= 15 is 0 Å². The summed E-state index contributed by atoms with van der Waals surface area (Å²) < 4.78 is 14.1. The molecule has 24 heavy (non-hydrogen) atoms. The molecule has 0 saturated carbocycles. The van der Waals surface area contributed by atoms with Crippen molar-refractivity contribution in [2.45, 2.75) is 12.5 Å². The van der Waals surface area contributed by atoms with E-state index in [0.717, 1.165) is 5.56 Å². The zero-order chi connectivity index (χ0) is 17.4. The third-order valence-corrected chi connectivity index (χ3v) is 3.55. The number of benzene rings is 2. The Kier molecular flexibility index (Phi) is 6.45. The zero-order valence-corrected chi connectivity index (χ0v) is 13.4. The first-order valence-electron chi connectivity index (χ1n) is 7.63. The molecule has 0 aliphatic carbocycles. The molecule has 0 bridgehead atoms. The maximum Gasteiger partial charge on any atom is 0.321 e. The predicted octanol–water partition coefficient (Wildman–Crippen LogP) is 2.15. The Labute approximate surface area is 140 Å². The van der Waals surface area contributed by atoms with E-state index < -0.39 is 11.9 Å². The van der Waals surface area contributed by atoms with Crippen LogP contribution in [0.15, 0.2) is 54.6 Å². The van der Waals surface area contributed by atoms with Crippen LogP contribution in [0, 0.1) is 5.82 Å². The lowest BCUT2D eigenvalue weighted by atomic mass is 9.98. The van der Waals surface area contributed by atoms with Gasteiger partial charge in [-0.2, -0.15) is 0 Å². The number of carbonyl (C=O) groups excluding carboxylic acids is 2. The van der Waals surface area contributed by atoms with Crippen molar-refractivity contribution in [1.29, 1.82) is 0 Å². The summed E-state index contributed by atoms with van der Waals surface area (Å²) in [5.41, 5.74) is 1.50. The molecule has 0 heterocycles. The molecule has 6 heteroatoms. The molecule has 0 radical (unpaired) electrons. The first kappa shape index (κ1) is 17.6. The van der Waals surface area contributed by atoms with Crippen LogP contribution in [-0.4, -0.2) is 25.5 Å². The smallest absolute Gasteiger partial charge is 0.321 e. The predicted molar refractivity (Wildman–Crippen MR) is 89.9 cm³/mol. The fourth-order valence-corrected chi connectivity index (χ4v) is 2.35. The lowest BCUT2D eigenvalue weighted by molar-refractivity contribution is -0.119. The van der Waals surface area contributed by atoms with Crippen molar-refractivity contribution in [2.24, 2.45) is 0 Å². The number of hydrogen-bond donors (Lipinski definition) is 3. The highest BCUT2D eigenvalue weighted by atomic mass is 19.1. The summed E-state index contributed by atoms with van der Waals surface area (Å²) in [5.74, 6) is -0.818. The van der Waals surface area contributed by atoms with Gasteiger partial charge in [0.25, 0.3) is 0 Å². The van der Waals surface area contributed by atoms with Crippen LogP contribution in [0.1, 0.15) is 17.2 Å². The van der Waals surface area contributed by atoms with Gasteiger partial charge in [-0.25, -0.2) is 9.18 Å². The van der Waals surface area contributed by atoms with Crippen molar-refractivity contribution in [3.63, 3.8) is 0 Å². The molecule has 3 amide bonds. The summed E-state index contributed by atoms with van der Waals surface area (Å²) >= 11 is 0. The Bertz CT molecular complexity index is 692. The fourth-order valence-electron chi connectivity index (χ4n) is 2.35. The van der Waals surface area contributed by atoms with Crippen LogP contribution >= 0.6 is 0 Å². The molecule has 0 spiro atoms. The van der Waals surface area contributed by atoms with Crippen molar-refractivity contribution in [3.8, 4) is 0 Å². The van der Waals surface area contributed by atoms with E-state index in [9.17, 15) is 14.0 Å². The van der Waals surface area contributed by atoms with Crippen molar-refractivity contribution >= 4 is 11.9 Å². The molecule has 0 fully saturated rings. The maximum absolute atomic E-state index is 14.1. The second-order valence-corrected chi connectivity index (χ2v) is 5.27. The van der Waals surface area contributed by atoms with Gasteiger partial charge in [-0.1, -0.05) is 48.5 Å². The molecule has 0 unspecified atom stereocenters. The van der Waals surface area contributed by atoms with Gasteiger partial charge in [0.2, 0.25) is 5.91 Å². The van der Waals surface area contributed by atoms with Gasteiger partial charge in [0.15, 0.2) is 0 Å². The van der Waals surface area contributed by atoms with Gasteiger partial charge in [0, 0.05) is 18.7 Å². The van der Waals surface area contributed by atoms with Crippen LogP contribution < -0.4 is 16.0 Å². The van der Waals surface area contributed by atoms with Gasteiger partial charge in [-0.3, -0.25) is 10.1 Å². The molecule has 0 saturated heterocycles. The number of hydrogen-bond acceptors (Lipinski definition) is 3. The Morgan fingerprint density at radius 1 is 1.04 bits per heavy atom. The minimum atomic E-state index is -0.577. The highest BCUT2D eigenvalue weighted by Gasteiger charge is 2.17. The molecule has 0 aromatic heterocycles. The average molecular weight is 329 g/mol. The van der Waals surface area contributed by atoms with Gasteiger partial charge in [0.1, 0.15) is 5.82 Å².